The van der Waals surface area contributed by atoms with Gasteiger partial charge in [-0.25, -0.2) is 5.10 Å². The molecule has 5 nitrogen and oxygen atoms in total. The number of aryl methyl sites for hydroxylation is 1. The van der Waals surface area contributed by atoms with E-state index in [-0.39, 0.29) is 11.0 Å². The summed E-state index contributed by atoms with van der Waals surface area (Å²) in [6.07, 6.45) is 0. The van der Waals surface area contributed by atoms with Crippen LogP contribution < -0.4 is 16.0 Å². The van der Waals surface area contributed by atoms with E-state index in [4.69, 9.17) is 10.5 Å². The van der Waals surface area contributed by atoms with Crippen molar-refractivity contribution < 1.29 is 4.74 Å². The second-order valence-electron chi connectivity index (χ2n) is 6.49. The predicted octanol–water partition coefficient (Wildman–Crippen LogP) is 2.43. The summed E-state index contributed by atoms with van der Waals surface area (Å²) in [5.74, 6) is 0.801. The van der Waals surface area contributed by atoms with Gasteiger partial charge >= 0.3 is 0 Å². The van der Waals surface area contributed by atoms with Crippen molar-refractivity contribution in [2.75, 3.05) is 7.11 Å². The van der Waals surface area contributed by atoms with E-state index in [1.165, 1.54) is 0 Å². The molecule has 0 aliphatic rings. The largest absolute Gasteiger partial charge is 0.496 e. The highest BCUT2D eigenvalue weighted by Crippen LogP contribution is 2.26. The highest BCUT2D eigenvalue weighted by atomic mass is 16.5. The quantitative estimate of drug-likeness (QED) is 0.912. The lowest BCUT2D eigenvalue weighted by Gasteiger charge is -2.19. The molecule has 0 spiro atoms. The van der Waals surface area contributed by atoms with Gasteiger partial charge in [0.15, 0.2) is 0 Å². The number of nitrogens with two attached hydrogens (primary N) is 1. The van der Waals surface area contributed by atoms with Crippen molar-refractivity contribution in [2.45, 2.75) is 39.2 Å². The van der Waals surface area contributed by atoms with Crippen molar-refractivity contribution in [1.82, 2.24) is 10.2 Å². The second kappa shape index (κ2) is 5.93. The van der Waals surface area contributed by atoms with Gasteiger partial charge in [-0.1, -0.05) is 32.9 Å². The van der Waals surface area contributed by atoms with Crippen LogP contribution in [0.5, 0.6) is 5.75 Å². The Bertz CT molecular complexity index is 729. The Labute approximate surface area is 130 Å². The second-order valence-corrected chi connectivity index (χ2v) is 6.49. The molecular formula is C17H23N3O2. The Balaban J connectivity index is 2.47. The first-order valence-corrected chi connectivity index (χ1v) is 7.24. The van der Waals surface area contributed by atoms with Gasteiger partial charge in [-0.3, -0.25) is 4.79 Å². The van der Waals surface area contributed by atoms with Crippen LogP contribution in [0.2, 0.25) is 0 Å². The third kappa shape index (κ3) is 3.20. The molecule has 0 aliphatic heterocycles. The molecular weight excluding hydrogens is 278 g/mol. The maximum absolute atomic E-state index is 12.1. The average Bonchev–Trinajstić information content (AvgIpc) is 2.45. The summed E-state index contributed by atoms with van der Waals surface area (Å²) >= 11 is 0. The fraction of sp³-hybridized carbons (Fsp3) is 0.412. The van der Waals surface area contributed by atoms with E-state index in [2.05, 4.69) is 10.2 Å². The Morgan fingerprint density at radius 1 is 1.27 bits per heavy atom. The van der Waals surface area contributed by atoms with Crippen molar-refractivity contribution in [3.05, 3.63) is 57.0 Å². The van der Waals surface area contributed by atoms with Gasteiger partial charge in [0.1, 0.15) is 5.75 Å². The van der Waals surface area contributed by atoms with Gasteiger partial charge in [0, 0.05) is 11.0 Å². The molecule has 0 aliphatic carbocycles. The molecule has 0 fully saturated rings. The summed E-state index contributed by atoms with van der Waals surface area (Å²) in [7, 11) is 1.63. The molecule has 0 saturated heterocycles. The first-order chi connectivity index (χ1) is 10.2. The number of nitrogens with one attached hydrogen (secondary N) is 1. The third-order valence-electron chi connectivity index (χ3n) is 3.71. The monoisotopic (exact) mass is 301 g/mol. The van der Waals surface area contributed by atoms with E-state index >= 15 is 0 Å². The molecule has 118 valence electrons. The van der Waals surface area contributed by atoms with E-state index < -0.39 is 6.04 Å². The van der Waals surface area contributed by atoms with Gasteiger partial charge in [0.2, 0.25) is 0 Å². The van der Waals surface area contributed by atoms with Crippen LogP contribution >= 0.6 is 0 Å². The van der Waals surface area contributed by atoms with Gasteiger partial charge in [-0.2, -0.15) is 5.10 Å². The van der Waals surface area contributed by atoms with Gasteiger partial charge in [-0.15, -0.1) is 0 Å². The number of nitrogens with zero attached hydrogens (tertiary/aromatic N) is 1. The molecule has 2 aromatic rings. The number of benzene rings is 1. The molecule has 0 bridgehead atoms. The molecule has 1 aromatic carbocycles. The molecule has 22 heavy (non-hydrogen) atoms. The van der Waals surface area contributed by atoms with Crippen molar-refractivity contribution in [3.63, 3.8) is 0 Å². The lowest BCUT2D eigenvalue weighted by molar-refractivity contribution is 0.411. The van der Waals surface area contributed by atoms with Crippen LogP contribution in [0.15, 0.2) is 29.1 Å². The van der Waals surface area contributed by atoms with Gasteiger partial charge in [-0.05, 0) is 30.2 Å². The van der Waals surface area contributed by atoms with Gasteiger partial charge in [0.05, 0.1) is 18.8 Å². The lowest BCUT2D eigenvalue weighted by Crippen LogP contribution is -2.27. The van der Waals surface area contributed by atoms with Crippen LogP contribution in [0.3, 0.4) is 0 Å². The number of methoxy groups -OCH3 is 1. The maximum Gasteiger partial charge on any atom is 0.269 e. The fourth-order valence-corrected chi connectivity index (χ4v) is 2.31. The molecule has 0 radical (unpaired) electrons. The predicted molar refractivity (Wildman–Crippen MR) is 87.3 cm³/mol. The Kier molecular flexibility index (Phi) is 4.37. The number of ether oxygens (including phenoxy) is 1. The summed E-state index contributed by atoms with van der Waals surface area (Å²) in [6.45, 7) is 8.08. The highest BCUT2D eigenvalue weighted by Gasteiger charge is 2.20. The van der Waals surface area contributed by atoms with Crippen molar-refractivity contribution >= 4 is 0 Å². The van der Waals surface area contributed by atoms with Crippen LogP contribution in [-0.4, -0.2) is 17.3 Å². The molecule has 1 aromatic heterocycles. The SMILES string of the molecule is COc1ccc(C(N)c2cc(C(C)(C)C)n[nH]c2=O)cc1C. The van der Waals surface area contributed by atoms with Crippen molar-refractivity contribution in [2.24, 2.45) is 5.73 Å². The molecule has 1 atom stereocenters. The summed E-state index contributed by atoms with van der Waals surface area (Å²) in [6, 6.07) is 6.98. The third-order valence-corrected chi connectivity index (χ3v) is 3.71. The van der Waals surface area contributed by atoms with Crippen LogP contribution in [-0.2, 0) is 5.41 Å². The summed E-state index contributed by atoms with van der Waals surface area (Å²) in [5.41, 5.74) is 9.07. The molecule has 1 unspecified atom stereocenters. The summed E-state index contributed by atoms with van der Waals surface area (Å²) in [5, 5.41) is 6.67. The first kappa shape index (κ1) is 16.2. The normalized spacial score (nSPS) is 13.0. The fourth-order valence-electron chi connectivity index (χ4n) is 2.31. The Hall–Kier alpha value is -2.14. The molecule has 5 heteroatoms. The van der Waals surface area contributed by atoms with E-state index in [0.717, 1.165) is 22.6 Å². The Morgan fingerprint density at radius 3 is 2.50 bits per heavy atom. The Morgan fingerprint density at radius 2 is 1.95 bits per heavy atom. The number of aromatic nitrogens is 2. The first-order valence-electron chi connectivity index (χ1n) is 7.24. The van der Waals surface area contributed by atoms with Gasteiger partial charge in [0.25, 0.3) is 5.56 Å². The topological polar surface area (TPSA) is 81.0 Å². The van der Waals surface area contributed by atoms with Crippen LogP contribution in [0.1, 0.15) is 49.2 Å². The maximum atomic E-state index is 12.1. The molecule has 1 heterocycles. The standard InChI is InChI=1S/C17H23N3O2/c1-10-8-11(6-7-13(10)22-5)15(18)12-9-14(17(2,3)4)19-20-16(12)21/h6-9,15H,18H2,1-5H3,(H,20,21). The van der Waals surface area contributed by atoms with Crippen LogP contribution in [0, 0.1) is 6.92 Å². The zero-order chi connectivity index (χ0) is 16.5. The molecule has 0 amide bonds. The van der Waals surface area contributed by atoms with Gasteiger partial charge < -0.3 is 10.5 Å². The number of H-pyrrole nitrogens is 1. The zero-order valence-corrected chi connectivity index (χ0v) is 13.7. The van der Waals surface area contributed by atoms with E-state index in [9.17, 15) is 4.79 Å². The van der Waals surface area contributed by atoms with Crippen LogP contribution in [0.4, 0.5) is 0 Å². The smallest absolute Gasteiger partial charge is 0.269 e. The zero-order valence-electron chi connectivity index (χ0n) is 13.7. The molecule has 2 rings (SSSR count). The minimum Gasteiger partial charge on any atom is -0.496 e. The number of hydrogen-bond acceptors (Lipinski definition) is 4. The van der Waals surface area contributed by atoms with Crippen molar-refractivity contribution in [3.8, 4) is 5.75 Å². The van der Waals surface area contributed by atoms with E-state index in [1.54, 1.807) is 13.2 Å². The summed E-state index contributed by atoms with van der Waals surface area (Å²) < 4.78 is 5.25. The van der Waals surface area contributed by atoms with E-state index in [0.29, 0.717) is 5.56 Å². The molecule has 0 saturated carbocycles. The number of hydrogen-bond donors (Lipinski definition) is 2. The minimum atomic E-state index is -0.502. The number of aromatic amines is 1. The average molecular weight is 301 g/mol. The highest BCUT2D eigenvalue weighted by molar-refractivity contribution is 5.40. The minimum absolute atomic E-state index is 0.158. The van der Waals surface area contributed by atoms with E-state index in [1.807, 2.05) is 45.9 Å². The molecule has 3 N–H and O–H groups in total. The van der Waals surface area contributed by atoms with Crippen molar-refractivity contribution in [1.29, 1.82) is 0 Å². The number of rotatable bonds is 3. The van der Waals surface area contributed by atoms with Crippen LogP contribution in [0.25, 0.3) is 0 Å². The summed E-state index contributed by atoms with van der Waals surface area (Å²) in [4.78, 5) is 12.1. The lowest BCUT2D eigenvalue weighted by atomic mass is 9.89.